The third-order valence-corrected chi connectivity index (χ3v) is 2.42. The molecule has 86 valence electrons. The zero-order chi connectivity index (χ0) is 11.2. The highest BCUT2D eigenvalue weighted by Crippen LogP contribution is 2.05. The standard InChI is InChI=1S/C15H26/c1-3-5-7-9-11-13-15-14-12-10-8-6-4-2/h3-4,6,14-15H,1,5,7-13H2,2H3. The fourth-order valence-electron chi connectivity index (χ4n) is 1.48. The summed E-state index contributed by atoms with van der Waals surface area (Å²) in [5.41, 5.74) is 0. The minimum atomic E-state index is 1.17. The van der Waals surface area contributed by atoms with Crippen molar-refractivity contribution >= 4 is 0 Å². The Kier molecular flexibility index (Phi) is 12.5. The van der Waals surface area contributed by atoms with Crippen molar-refractivity contribution in [2.24, 2.45) is 0 Å². The number of unbranched alkanes of at least 4 members (excludes halogenated alkanes) is 6. The molecule has 0 bridgehead atoms. The second-order valence-corrected chi connectivity index (χ2v) is 3.90. The summed E-state index contributed by atoms with van der Waals surface area (Å²) in [6.07, 6.45) is 21.2. The molecule has 0 fully saturated rings. The third-order valence-electron chi connectivity index (χ3n) is 2.42. The molecule has 0 N–H and O–H groups in total. The van der Waals surface area contributed by atoms with E-state index in [1.54, 1.807) is 0 Å². The van der Waals surface area contributed by atoms with Crippen molar-refractivity contribution < 1.29 is 0 Å². The number of hydrogen-bond donors (Lipinski definition) is 0. The molecule has 0 atom stereocenters. The van der Waals surface area contributed by atoms with Crippen LogP contribution in [-0.2, 0) is 0 Å². The lowest BCUT2D eigenvalue weighted by Crippen LogP contribution is -1.75. The van der Waals surface area contributed by atoms with Crippen molar-refractivity contribution in [3.63, 3.8) is 0 Å². The van der Waals surface area contributed by atoms with E-state index < -0.39 is 0 Å². The Balaban J connectivity index is 3.06. The normalized spacial score (nSPS) is 11.5. The molecule has 0 heteroatoms. The Morgan fingerprint density at radius 2 is 1.33 bits per heavy atom. The average Bonchev–Trinajstić information content (AvgIpc) is 2.26. The number of hydrogen-bond acceptors (Lipinski definition) is 0. The van der Waals surface area contributed by atoms with Crippen LogP contribution in [0.15, 0.2) is 37.0 Å². The van der Waals surface area contributed by atoms with E-state index in [-0.39, 0.29) is 0 Å². The molecule has 0 aromatic rings. The van der Waals surface area contributed by atoms with E-state index in [4.69, 9.17) is 0 Å². The third kappa shape index (κ3) is 13.2. The molecular formula is C15H26. The van der Waals surface area contributed by atoms with Crippen LogP contribution in [0.4, 0.5) is 0 Å². The zero-order valence-electron chi connectivity index (χ0n) is 10.3. The Labute approximate surface area is 95.8 Å². The van der Waals surface area contributed by atoms with Gasteiger partial charge in [0.1, 0.15) is 0 Å². The lowest BCUT2D eigenvalue weighted by Gasteiger charge is -1.94. The molecule has 0 aliphatic rings. The first-order valence-electron chi connectivity index (χ1n) is 6.29. The maximum Gasteiger partial charge on any atom is -0.0348 e. The average molecular weight is 206 g/mol. The summed E-state index contributed by atoms with van der Waals surface area (Å²) < 4.78 is 0. The molecule has 0 aliphatic heterocycles. The van der Waals surface area contributed by atoms with Crippen LogP contribution < -0.4 is 0 Å². The molecule has 0 rings (SSSR count). The minimum absolute atomic E-state index is 1.17. The van der Waals surface area contributed by atoms with Crippen molar-refractivity contribution in [3.05, 3.63) is 37.0 Å². The van der Waals surface area contributed by atoms with Gasteiger partial charge in [0, 0.05) is 0 Å². The van der Waals surface area contributed by atoms with E-state index in [2.05, 4.69) is 37.8 Å². The van der Waals surface area contributed by atoms with Crippen molar-refractivity contribution in [2.75, 3.05) is 0 Å². The lowest BCUT2D eigenvalue weighted by atomic mass is 10.1. The van der Waals surface area contributed by atoms with E-state index in [0.29, 0.717) is 0 Å². The predicted octanol–water partition coefficient (Wildman–Crippen LogP) is 5.43. The summed E-state index contributed by atoms with van der Waals surface area (Å²) in [5, 5.41) is 0. The summed E-state index contributed by atoms with van der Waals surface area (Å²) in [7, 11) is 0. The van der Waals surface area contributed by atoms with Crippen LogP contribution in [-0.4, -0.2) is 0 Å². The highest BCUT2D eigenvalue weighted by Gasteiger charge is 1.85. The van der Waals surface area contributed by atoms with Gasteiger partial charge in [0.15, 0.2) is 0 Å². The minimum Gasteiger partial charge on any atom is -0.103 e. The summed E-state index contributed by atoms with van der Waals surface area (Å²) in [6, 6.07) is 0. The molecule has 0 aliphatic carbocycles. The lowest BCUT2D eigenvalue weighted by molar-refractivity contribution is 0.695. The maximum atomic E-state index is 3.72. The maximum absolute atomic E-state index is 3.72. The molecule has 15 heavy (non-hydrogen) atoms. The highest BCUT2D eigenvalue weighted by molar-refractivity contribution is 4.83. The Hall–Kier alpha value is -0.780. The second kappa shape index (κ2) is 13.2. The molecule has 0 saturated carbocycles. The Morgan fingerprint density at radius 3 is 2.00 bits per heavy atom. The molecule has 0 amide bonds. The van der Waals surface area contributed by atoms with E-state index >= 15 is 0 Å². The first-order chi connectivity index (χ1) is 7.41. The van der Waals surface area contributed by atoms with Crippen LogP contribution in [0.1, 0.15) is 58.3 Å². The first kappa shape index (κ1) is 14.2. The molecule has 0 radical (unpaired) electrons. The molecule has 0 aromatic carbocycles. The van der Waals surface area contributed by atoms with Crippen molar-refractivity contribution in [3.8, 4) is 0 Å². The predicted molar refractivity (Wildman–Crippen MR) is 71.1 cm³/mol. The van der Waals surface area contributed by atoms with Crippen LogP contribution in [0.5, 0.6) is 0 Å². The molecule has 0 heterocycles. The molecule has 0 aromatic heterocycles. The SMILES string of the molecule is C=CCCCCCC=CCCCC=CC. The van der Waals surface area contributed by atoms with Crippen LogP contribution >= 0.6 is 0 Å². The van der Waals surface area contributed by atoms with Crippen LogP contribution in [0.3, 0.4) is 0 Å². The molecule has 0 spiro atoms. The van der Waals surface area contributed by atoms with Gasteiger partial charge in [-0.3, -0.25) is 0 Å². The van der Waals surface area contributed by atoms with Crippen LogP contribution in [0, 0.1) is 0 Å². The monoisotopic (exact) mass is 206 g/mol. The first-order valence-corrected chi connectivity index (χ1v) is 6.29. The van der Waals surface area contributed by atoms with Gasteiger partial charge in [0.25, 0.3) is 0 Å². The van der Waals surface area contributed by atoms with Gasteiger partial charge in [0.2, 0.25) is 0 Å². The van der Waals surface area contributed by atoms with Gasteiger partial charge in [0.05, 0.1) is 0 Å². The summed E-state index contributed by atoms with van der Waals surface area (Å²) in [6.45, 7) is 5.81. The topological polar surface area (TPSA) is 0 Å². The van der Waals surface area contributed by atoms with E-state index in [0.717, 1.165) is 0 Å². The van der Waals surface area contributed by atoms with Gasteiger partial charge < -0.3 is 0 Å². The Morgan fingerprint density at radius 1 is 0.733 bits per heavy atom. The van der Waals surface area contributed by atoms with Gasteiger partial charge in [-0.25, -0.2) is 0 Å². The number of rotatable bonds is 10. The van der Waals surface area contributed by atoms with Gasteiger partial charge >= 0.3 is 0 Å². The molecular weight excluding hydrogens is 180 g/mol. The smallest absolute Gasteiger partial charge is 0.0348 e. The molecule has 0 unspecified atom stereocenters. The van der Waals surface area contributed by atoms with E-state index in [9.17, 15) is 0 Å². The molecule has 0 saturated heterocycles. The quantitative estimate of drug-likeness (QED) is 0.330. The van der Waals surface area contributed by atoms with Gasteiger partial charge in [-0.1, -0.05) is 36.8 Å². The summed E-state index contributed by atoms with van der Waals surface area (Å²) >= 11 is 0. The van der Waals surface area contributed by atoms with Gasteiger partial charge in [-0.05, 0) is 51.9 Å². The van der Waals surface area contributed by atoms with Crippen molar-refractivity contribution in [1.82, 2.24) is 0 Å². The van der Waals surface area contributed by atoms with Gasteiger partial charge in [-0.15, -0.1) is 6.58 Å². The van der Waals surface area contributed by atoms with E-state index in [1.807, 2.05) is 6.08 Å². The zero-order valence-corrected chi connectivity index (χ0v) is 10.3. The second-order valence-electron chi connectivity index (χ2n) is 3.90. The van der Waals surface area contributed by atoms with Crippen LogP contribution in [0.2, 0.25) is 0 Å². The molecule has 0 nitrogen and oxygen atoms in total. The Bertz CT molecular complexity index is 174. The highest BCUT2D eigenvalue weighted by atomic mass is 13.9. The van der Waals surface area contributed by atoms with Crippen molar-refractivity contribution in [2.45, 2.75) is 58.3 Å². The fourth-order valence-corrected chi connectivity index (χ4v) is 1.48. The van der Waals surface area contributed by atoms with Crippen LogP contribution in [0.25, 0.3) is 0 Å². The summed E-state index contributed by atoms with van der Waals surface area (Å²) in [5.74, 6) is 0. The fraction of sp³-hybridized carbons (Fsp3) is 0.600. The van der Waals surface area contributed by atoms with Crippen molar-refractivity contribution in [1.29, 1.82) is 0 Å². The van der Waals surface area contributed by atoms with Gasteiger partial charge in [-0.2, -0.15) is 0 Å². The largest absolute Gasteiger partial charge is 0.103 e. The number of allylic oxidation sites excluding steroid dienone is 5. The van der Waals surface area contributed by atoms with E-state index in [1.165, 1.54) is 51.4 Å². The summed E-state index contributed by atoms with van der Waals surface area (Å²) in [4.78, 5) is 0.